The van der Waals surface area contributed by atoms with Gasteiger partial charge in [-0.25, -0.2) is 4.79 Å². The number of hydrogen-bond acceptors (Lipinski definition) is 7. The van der Waals surface area contributed by atoms with Crippen LogP contribution in [0.2, 0.25) is 0 Å². The summed E-state index contributed by atoms with van der Waals surface area (Å²) in [6.07, 6.45) is -0.798. The van der Waals surface area contributed by atoms with Crippen molar-refractivity contribution in [3.8, 4) is 6.07 Å². The first-order valence-corrected chi connectivity index (χ1v) is 8.16. The maximum Gasteiger partial charge on any atom is 0.349 e. The van der Waals surface area contributed by atoms with Crippen molar-refractivity contribution in [3.63, 3.8) is 0 Å². The normalized spacial score (nSPS) is 11.6. The summed E-state index contributed by atoms with van der Waals surface area (Å²) in [4.78, 5) is 36.2. The summed E-state index contributed by atoms with van der Waals surface area (Å²) in [7, 11) is 1.53. The van der Waals surface area contributed by atoms with Gasteiger partial charge < -0.3 is 9.64 Å². The molecule has 0 N–H and O–H groups in total. The molecular weight excluding hydrogens is 346 g/mol. The number of nitrogens with zero attached hydrogens (tertiary/aromatic N) is 3. The molecule has 0 radical (unpaired) electrons. The Bertz CT molecular complexity index is 870. The molecule has 0 bridgehead atoms. The van der Waals surface area contributed by atoms with E-state index in [4.69, 9.17) is 10.00 Å². The quantitative estimate of drug-likeness (QED) is 0.444. The number of ether oxygens (including phenoxy) is 1. The molecule has 1 aromatic carbocycles. The van der Waals surface area contributed by atoms with E-state index in [1.54, 1.807) is 6.07 Å². The van der Waals surface area contributed by atoms with E-state index in [0.29, 0.717) is 10.1 Å². The van der Waals surface area contributed by atoms with Crippen molar-refractivity contribution < 1.29 is 19.2 Å². The molecule has 8 nitrogen and oxygen atoms in total. The van der Waals surface area contributed by atoms with Crippen LogP contribution in [-0.2, 0) is 9.53 Å². The Morgan fingerprint density at radius 1 is 1.44 bits per heavy atom. The summed E-state index contributed by atoms with van der Waals surface area (Å²) in [6.45, 7) is 1.71. The maximum atomic E-state index is 12.2. The summed E-state index contributed by atoms with van der Waals surface area (Å²) in [5, 5.41) is 19.9. The molecule has 9 heteroatoms. The molecule has 0 unspecified atom stereocenters. The van der Waals surface area contributed by atoms with Gasteiger partial charge in [0.05, 0.1) is 17.4 Å². The predicted molar refractivity (Wildman–Crippen MR) is 91.2 cm³/mol. The number of likely N-dealkylation sites (N-methyl/N-ethyl adjacent to an activating group) is 1. The molecule has 1 aromatic heterocycles. The highest BCUT2D eigenvalue weighted by atomic mass is 32.1. The molecule has 0 aliphatic rings. The lowest BCUT2D eigenvalue weighted by atomic mass is 10.2. The Kier molecular flexibility index (Phi) is 5.67. The van der Waals surface area contributed by atoms with Gasteiger partial charge in [-0.2, -0.15) is 5.26 Å². The standard InChI is InChI=1S/C16H15N3O5S/c1-10(15(20)18(2)7-3-6-17)24-16(21)14-9-11-8-12(19(22)23)4-5-13(11)25-14/h4-5,8-10H,3,7H2,1-2H3/t10-/m0/s1. The van der Waals surface area contributed by atoms with Crippen molar-refractivity contribution in [2.45, 2.75) is 19.4 Å². The van der Waals surface area contributed by atoms with E-state index < -0.39 is 22.9 Å². The lowest BCUT2D eigenvalue weighted by Crippen LogP contribution is -2.37. The molecule has 0 saturated carbocycles. The van der Waals surface area contributed by atoms with Crippen LogP contribution in [0.1, 0.15) is 23.0 Å². The summed E-state index contributed by atoms with van der Waals surface area (Å²) in [5.41, 5.74) is -0.0621. The van der Waals surface area contributed by atoms with Crippen LogP contribution in [0.15, 0.2) is 24.3 Å². The molecule has 0 spiro atoms. The third kappa shape index (κ3) is 4.30. The highest BCUT2D eigenvalue weighted by Crippen LogP contribution is 2.29. The zero-order chi connectivity index (χ0) is 18.6. The third-order valence-electron chi connectivity index (χ3n) is 3.48. The Labute approximate surface area is 147 Å². The number of nitriles is 1. The number of amides is 1. The van der Waals surface area contributed by atoms with Crippen LogP contribution < -0.4 is 0 Å². The molecule has 2 aromatic rings. The number of carbonyl (C=O) groups excluding carboxylic acids is 2. The first kappa shape index (κ1) is 18.4. The van der Waals surface area contributed by atoms with Gasteiger partial charge in [-0.3, -0.25) is 14.9 Å². The van der Waals surface area contributed by atoms with Crippen LogP contribution >= 0.6 is 11.3 Å². The first-order valence-electron chi connectivity index (χ1n) is 7.34. The van der Waals surface area contributed by atoms with Crippen molar-refractivity contribution >= 4 is 39.0 Å². The van der Waals surface area contributed by atoms with Crippen molar-refractivity contribution in [1.82, 2.24) is 4.90 Å². The molecule has 1 heterocycles. The molecule has 2 rings (SSSR count). The first-order chi connectivity index (χ1) is 11.8. The highest BCUT2D eigenvalue weighted by Gasteiger charge is 2.23. The third-order valence-corrected chi connectivity index (χ3v) is 4.57. The van der Waals surface area contributed by atoms with E-state index in [1.807, 2.05) is 6.07 Å². The van der Waals surface area contributed by atoms with Gasteiger partial charge in [0.25, 0.3) is 11.6 Å². The second-order valence-electron chi connectivity index (χ2n) is 5.31. The second-order valence-corrected chi connectivity index (χ2v) is 6.39. The summed E-state index contributed by atoms with van der Waals surface area (Å²) in [6, 6.07) is 7.76. The van der Waals surface area contributed by atoms with Gasteiger partial charge in [0.1, 0.15) is 4.88 Å². The summed E-state index contributed by atoms with van der Waals surface area (Å²) in [5.74, 6) is -1.07. The van der Waals surface area contributed by atoms with Gasteiger partial charge in [0.2, 0.25) is 0 Å². The molecule has 0 aliphatic heterocycles. The van der Waals surface area contributed by atoms with Crippen LogP contribution in [0.3, 0.4) is 0 Å². The minimum absolute atomic E-state index is 0.0621. The van der Waals surface area contributed by atoms with Crippen molar-refractivity contribution in [2.75, 3.05) is 13.6 Å². The minimum atomic E-state index is -0.990. The van der Waals surface area contributed by atoms with E-state index in [1.165, 1.54) is 37.1 Å². The molecular formula is C16H15N3O5S. The predicted octanol–water partition coefficient (Wildman–Crippen LogP) is 2.73. The van der Waals surface area contributed by atoms with Crippen LogP contribution in [-0.4, -0.2) is 41.4 Å². The average Bonchev–Trinajstić information content (AvgIpc) is 3.02. The van der Waals surface area contributed by atoms with Gasteiger partial charge >= 0.3 is 5.97 Å². The largest absolute Gasteiger partial charge is 0.448 e. The number of non-ortho nitro benzene ring substituents is 1. The van der Waals surface area contributed by atoms with Crippen LogP contribution in [0.4, 0.5) is 5.69 Å². The van der Waals surface area contributed by atoms with Gasteiger partial charge in [-0.1, -0.05) is 0 Å². The Morgan fingerprint density at radius 2 is 2.16 bits per heavy atom. The van der Waals surface area contributed by atoms with Crippen molar-refractivity contribution in [1.29, 1.82) is 5.26 Å². The number of nitro groups is 1. The number of thiophene rings is 1. The molecule has 0 aliphatic carbocycles. The Hall–Kier alpha value is -2.99. The lowest BCUT2D eigenvalue weighted by Gasteiger charge is -2.20. The molecule has 1 amide bonds. The maximum absolute atomic E-state index is 12.2. The number of fused-ring (bicyclic) bond motifs is 1. The number of benzene rings is 1. The average molecular weight is 361 g/mol. The fraction of sp³-hybridized carbons (Fsp3) is 0.312. The molecule has 130 valence electrons. The molecule has 1 atom stereocenters. The van der Waals surface area contributed by atoms with E-state index in [0.717, 1.165) is 11.3 Å². The zero-order valence-corrected chi connectivity index (χ0v) is 14.4. The SMILES string of the molecule is C[C@H](OC(=O)c1cc2cc([N+](=O)[O-])ccc2s1)C(=O)N(C)CCC#N. The smallest absolute Gasteiger partial charge is 0.349 e. The minimum Gasteiger partial charge on any atom is -0.448 e. The number of nitro benzene ring substituents is 1. The summed E-state index contributed by atoms with van der Waals surface area (Å²) < 4.78 is 5.88. The molecule has 25 heavy (non-hydrogen) atoms. The second kappa shape index (κ2) is 7.72. The lowest BCUT2D eigenvalue weighted by molar-refractivity contribution is -0.384. The Morgan fingerprint density at radius 3 is 2.80 bits per heavy atom. The monoisotopic (exact) mass is 361 g/mol. The van der Waals surface area contributed by atoms with Gasteiger partial charge in [-0.05, 0) is 19.1 Å². The number of carbonyl (C=O) groups is 2. The van der Waals surface area contributed by atoms with Gasteiger partial charge in [-0.15, -0.1) is 11.3 Å². The van der Waals surface area contributed by atoms with E-state index in [-0.39, 0.29) is 23.5 Å². The van der Waals surface area contributed by atoms with Crippen LogP contribution in [0.5, 0.6) is 0 Å². The number of esters is 1. The van der Waals surface area contributed by atoms with E-state index in [9.17, 15) is 19.7 Å². The fourth-order valence-corrected chi connectivity index (χ4v) is 3.08. The summed E-state index contributed by atoms with van der Waals surface area (Å²) >= 11 is 1.14. The highest BCUT2D eigenvalue weighted by molar-refractivity contribution is 7.20. The topological polar surface area (TPSA) is 114 Å². The van der Waals surface area contributed by atoms with Crippen LogP contribution in [0, 0.1) is 21.4 Å². The molecule has 0 saturated heterocycles. The van der Waals surface area contributed by atoms with Gasteiger partial charge in [0.15, 0.2) is 6.10 Å². The van der Waals surface area contributed by atoms with Crippen LogP contribution in [0.25, 0.3) is 10.1 Å². The fourth-order valence-electron chi connectivity index (χ4n) is 2.15. The van der Waals surface area contributed by atoms with Crippen molar-refractivity contribution in [2.24, 2.45) is 0 Å². The van der Waals surface area contributed by atoms with E-state index >= 15 is 0 Å². The molecule has 0 fully saturated rings. The zero-order valence-electron chi connectivity index (χ0n) is 13.6. The van der Waals surface area contributed by atoms with E-state index in [2.05, 4.69) is 0 Å². The number of rotatable bonds is 6. The van der Waals surface area contributed by atoms with Gasteiger partial charge in [0, 0.05) is 35.8 Å². The Balaban J connectivity index is 2.10. The van der Waals surface area contributed by atoms with Crippen molar-refractivity contribution in [3.05, 3.63) is 39.3 Å². The number of hydrogen-bond donors (Lipinski definition) is 0.